The number of carbonyl (C=O) groups is 1. The van der Waals surface area contributed by atoms with Crippen LogP contribution in [0.2, 0.25) is 0 Å². The van der Waals surface area contributed by atoms with E-state index >= 15 is 0 Å². The third-order valence-electron chi connectivity index (χ3n) is 5.30. The second-order valence-electron chi connectivity index (χ2n) is 7.94. The summed E-state index contributed by atoms with van der Waals surface area (Å²) in [5.74, 6) is 0.440. The lowest BCUT2D eigenvalue weighted by Gasteiger charge is -2.26. The number of rotatable bonds is 7. The summed E-state index contributed by atoms with van der Waals surface area (Å²) in [5, 5.41) is 2.90. The van der Waals surface area contributed by atoms with Crippen LogP contribution in [-0.2, 0) is 10.0 Å². The number of hydrogen-bond acceptors (Lipinski definition) is 4. The molecule has 1 atom stereocenters. The molecule has 162 valence electrons. The van der Waals surface area contributed by atoms with Crippen LogP contribution in [0.15, 0.2) is 47.4 Å². The number of aryl methyl sites for hydroxylation is 2. The number of nitrogens with one attached hydrogen (secondary N) is 1. The van der Waals surface area contributed by atoms with Crippen LogP contribution in [0, 0.1) is 13.8 Å². The van der Waals surface area contributed by atoms with Gasteiger partial charge in [-0.2, -0.15) is 4.31 Å². The van der Waals surface area contributed by atoms with Crippen molar-refractivity contribution in [1.29, 1.82) is 0 Å². The summed E-state index contributed by atoms with van der Waals surface area (Å²) in [6.07, 6.45) is 2.80. The minimum Gasteiger partial charge on any atom is -0.491 e. The number of amides is 1. The molecular weight excluding hydrogens is 400 g/mol. The first-order chi connectivity index (χ1) is 14.3. The zero-order valence-electron chi connectivity index (χ0n) is 17.8. The van der Waals surface area contributed by atoms with Crippen LogP contribution in [0.25, 0.3) is 0 Å². The Kier molecular flexibility index (Phi) is 7.15. The topological polar surface area (TPSA) is 75.7 Å². The Hall–Kier alpha value is -2.38. The van der Waals surface area contributed by atoms with Gasteiger partial charge in [-0.25, -0.2) is 8.42 Å². The number of hydrogen-bond donors (Lipinski definition) is 1. The Morgan fingerprint density at radius 2 is 1.73 bits per heavy atom. The molecule has 0 aromatic heterocycles. The molecule has 0 spiro atoms. The molecule has 0 aliphatic carbocycles. The Bertz CT molecular complexity index is 981. The molecule has 1 heterocycles. The molecule has 1 amide bonds. The number of piperidine rings is 1. The average Bonchev–Trinajstić information content (AvgIpc) is 2.74. The highest BCUT2D eigenvalue weighted by Gasteiger charge is 2.27. The van der Waals surface area contributed by atoms with Crippen molar-refractivity contribution in [1.82, 2.24) is 9.62 Å². The van der Waals surface area contributed by atoms with Gasteiger partial charge in [0.2, 0.25) is 10.0 Å². The molecule has 2 aromatic carbocycles. The molecule has 1 saturated heterocycles. The zero-order valence-corrected chi connectivity index (χ0v) is 18.7. The van der Waals surface area contributed by atoms with Crippen LogP contribution in [0.1, 0.15) is 47.7 Å². The van der Waals surface area contributed by atoms with Crippen molar-refractivity contribution >= 4 is 15.9 Å². The first kappa shape index (κ1) is 22.3. The third kappa shape index (κ3) is 5.40. The normalized spacial score (nSPS) is 16.1. The summed E-state index contributed by atoms with van der Waals surface area (Å²) < 4.78 is 33.2. The van der Waals surface area contributed by atoms with E-state index in [-0.39, 0.29) is 16.8 Å². The summed E-state index contributed by atoms with van der Waals surface area (Å²) in [6.45, 7) is 7.06. The second-order valence-corrected chi connectivity index (χ2v) is 9.88. The van der Waals surface area contributed by atoms with Crippen LogP contribution in [-0.4, -0.2) is 44.4 Å². The smallest absolute Gasteiger partial charge is 0.251 e. The second kappa shape index (κ2) is 9.62. The van der Waals surface area contributed by atoms with E-state index in [1.54, 1.807) is 19.1 Å². The summed E-state index contributed by atoms with van der Waals surface area (Å²) in [4.78, 5) is 13.0. The molecule has 2 aromatic rings. The van der Waals surface area contributed by atoms with Gasteiger partial charge in [-0.1, -0.05) is 30.2 Å². The van der Waals surface area contributed by atoms with Crippen LogP contribution < -0.4 is 10.1 Å². The van der Waals surface area contributed by atoms with E-state index in [4.69, 9.17) is 4.74 Å². The van der Waals surface area contributed by atoms with E-state index in [0.29, 0.717) is 25.3 Å². The highest BCUT2D eigenvalue weighted by molar-refractivity contribution is 7.89. The van der Waals surface area contributed by atoms with Gasteiger partial charge < -0.3 is 10.1 Å². The molecule has 1 N–H and O–H groups in total. The van der Waals surface area contributed by atoms with Crippen molar-refractivity contribution in [2.45, 2.75) is 51.0 Å². The van der Waals surface area contributed by atoms with Crippen LogP contribution in [0.5, 0.6) is 5.75 Å². The van der Waals surface area contributed by atoms with Gasteiger partial charge in [-0.3, -0.25) is 4.79 Å². The Labute approximate surface area is 179 Å². The van der Waals surface area contributed by atoms with Gasteiger partial charge >= 0.3 is 0 Å². The molecule has 30 heavy (non-hydrogen) atoms. The van der Waals surface area contributed by atoms with Crippen molar-refractivity contribution < 1.29 is 17.9 Å². The quantitative estimate of drug-likeness (QED) is 0.727. The van der Waals surface area contributed by atoms with Gasteiger partial charge in [0.1, 0.15) is 12.4 Å². The minimum atomic E-state index is -3.58. The Morgan fingerprint density at radius 3 is 2.40 bits per heavy atom. The van der Waals surface area contributed by atoms with Crippen molar-refractivity contribution in [3.63, 3.8) is 0 Å². The number of benzene rings is 2. The largest absolute Gasteiger partial charge is 0.491 e. The maximum absolute atomic E-state index is 13.0. The SMILES string of the molecule is Cc1ccc(OC[C@@H](C)NC(=O)c2cc(S(=O)(=O)N3CCCCC3)ccc2C)cc1. The highest BCUT2D eigenvalue weighted by atomic mass is 32.2. The Morgan fingerprint density at radius 1 is 1.07 bits per heavy atom. The van der Waals surface area contributed by atoms with E-state index in [0.717, 1.165) is 36.1 Å². The molecule has 7 heteroatoms. The lowest BCUT2D eigenvalue weighted by Crippen LogP contribution is -2.38. The summed E-state index contributed by atoms with van der Waals surface area (Å²) in [7, 11) is -3.58. The standard InChI is InChI=1S/C23H30N2O4S/c1-17-7-10-20(11-8-17)29-16-19(3)24-23(26)22-15-21(12-9-18(22)2)30(27,28)25-13-5-4-6-14-25/h7-12,15,19H,4-6,13-14,16H2,1-3H3,(H,24,26)/t19-/m1/s1. The molecule has 1 aliphatic rings. The first-order valence-electron chi connectivity index (χ1n) is 10.4. The zero-order chi connectivity index (χ0) is 21.7. The summed E-state index contributed by atoms with van der Waals surface area (Å²) in [5.41, 5.74) is 2.26. The monoisotopic (exact) mass is 430 g/mol. The van der Waals surface area contributed by atoms with Gasteiger partial charge in [0.25, 0.3) is 5.91 Å². The van der Waals surface area contributed by atoms with E-state index in [9.17, 15) is 13.2 Å². The van der Waals surface area contributed by atoms with Crippen molar-refractivity contribution in [2.75, 3.05) is 19.7 Å². The third-order valence-corrected chi connectivity index (χ3v) is 7.20. The summed E-state index contributed by atoms with van der Waals surface area (Å²) in [6, 6.07) is 12.3. The lowest BCUT2D eigenvalue weighted by molar-refractivity contribution is 0.0926. The number of carbonyl (C=O) groups excluding carboxylic acids is 1. The fraction of sp³-hybridized carbons (Fsp3) is 0.435. The molecule has 1 aliphatic heterocycles. The maximum Gasteiger partial charge on any atom is 0.251 e. The van der Waals surface area contributed by atoms with Crippen molar-refractivity contribution in [3.05, 3.63) is 59.2 Å². The Balaban J connectivity index is 1.67. The molecule has 1 fully saturated rings. The molecule has 6 nitrogen and oxygen atoms in total. The molecule has 3 rings (SSSR count). The molecule has 0 bridgehead atoms. The van der Waals surface area contributed by atoms with Crippen LogP contribution in [0.3, 0.4) is 0 Å². The lowest BCUT2D eigenvalue weighted by atomic mass is 10.1. The van der Waals surface area contributed by atoms with Crippen molar-refractivity contribution in [2.24, 2.45) is 0 Å². The molecular formula is C23H30N2O4S. The van der Waals surface area contributed by atoms with Gasteiger partial charge in [0.05, 0.1) is 10.9 Å². The first-order valence-corrected chi connectivity index (χ1v) is 11.8. The van der Waals surface area contributed by atoms with E-state index in [2.05, 4.69) is 5.32 Å². The van der Waals surface area contributed by atoms with Crippen LogP contribution >= 0.6 is 0 Å². The van der Waals surface area contributed by atoms with Gasteiger partial charge in [-0.05, 0) is 63.4 Å². The van der Waals surface area contributed by atoms with E-state index in [1.807, 2.05) is 38.1 Å². The van der Waals surface area contributed by atoms with Crippen molar-refractivity contribution in [3.8, 4) is 5.75 Å². The van der Waals surface area contributed by atoms with E-state index < -0.39 is 10.0 Å². The highest BCUT2D eigenvalue weighted by Crippen LogP contribution is 2.23. The predicted molar refractivity (Wildman–Crippen MR) is 117 cm³/mol. The number of nitrogens with zero attached hydrogens (tertiary/aromatic N) is 1. The van der Waals surface area contributed by atoms with Gasteiger partial charge in [0.15, 0.2) is 0 Å². The van der Waals surface area contributed by atoms with Gasteiger partial charge in [0, 0.05) is 18.7 Å². The number of ether oxygens (including phenoxy) is 1. The predicted octanol–water partition coefficient (Wildman–Crippen LogP) is 3.68. The van der Waals surface area contributed by atoms with Crippen LogP contribution in [0.4, 0.5) is 0 Å². The molecule has 0 saturated carbocycles. The van der Waals surface area contributed by atoms with Gasteiger partial charge in [-0.15, -0.1) is 0 Å². The fourth-order valence-corrected chi connectivity index (χ4v) is 5.00. The average molecular weight is 431 g/mol. The van der Waals surface area contributed by atoms with E-state index in [1.165, 1.54) is 10.4 Å². The molecule has 0 radical (unpaired) electrons. The molecule has 0 unspecified atom stereocenters. The maximum atomic E-state index is 13.0. The minimum absolute atomic E-state index is 0.170. The number of sulfonamides is 1. The fourth-order valence-electron chi connectivity index (χ4n) is 3.46. The summed E-state index contributed by atoms with van der Waals surface area (Å²) >= 11 is 0.